The number of carbonyl (C=O) groups is 1. The summed E-state index contributed by atoms with van der Waals surface area (Å²) in [6.45, 7) is 0. The highest BCUT2D eigenvalue weighted by molar-refractivity contribution is 5.57. The van der Waals surface area contributed by atoms with E-state index in [0.717, 1.165) is 11.1 Å². The SMILES string of the molecule is COc1ccc(C2C(OC(=O)O)NC3C(C#N)=CNN3C2c2ccc(OC)cc2)cc1. The standard InChI is InChI=1S/C22H22N4O5/c1-29-16-7-3-13(4-8-16)18-19(14-5-9-17(30-2)10-6-14)26-20(15(11-23)12-24-26)25-21(18)31-22(27)28/h3-10,12,18-21,24-25H,1-2H3,(H,27,28). The number of hydrogen-bond acceptors (Lipinski definition) is 8. The van der Waals surface area contributed by atoms with Gasteiger partial charge in [-0.3, -0.25) is 5.32 Å². The Bertz CT molecular complexity index is 1020. The number of nitrogens with one attached hydrogen (secondary N) is 2. The first kappa shape index (κ1) is 20.5. The fraction of sp³-hybridized carbons (Fsp3) is 0.273. The zero-order chi connectivity index (χ0) is 22.0. The second-order valence-corrected chi connectivity index (χ2v) is 7.14. The highest BCUT2D eigenvalue weighted by atomic mass is 16.7. The van der Waals surface area contributed by atoms with Crippen LogP contribution in [0.15, 0.2) is 60.3 Å². The van der Waals surface area contributed by atoms with Gasteiger partial charge in [0.1, 0.15) is 17.7 Å². The number of hydrogen-bond donors (Lipinski definition) is 3. The van der Waals surface area contributed by atoms with Crippen molar-refractivity contribution in [1.82, 2.24) is 15.8 Å². The summed E-state index contributed by atoms with van der Waals surface area (Å²) in [4.78, 5) is 11.5. The summed E-state index contributed by atoms with van der Waals surface area (Å²) in [5, 5.41) is 24.0. The van der Waals surface area contributed by atoms with E-state index in [1.165, 1.54) is 0 Å². The molecule has 4 unspecified atom stereocenters. The van der Waals surface area contributed by atoms with Crippen LogP contribution in [0.2, 0.25) is 0 Å². The number of ether oxygens (including phenoxy) is 3. The van der Waals surface area contributed by atoms with Gasteiger partial charge in [0.2, 0.25) is 0 Å². The Morgan fingerprint density at radius 3 is 2.13 bits per heavy atom. The Kier molecular flexibility index (Phi) is 5.66. The van der Waals surface area contributed by atoms with Crippen LogP contribution in [0.25, 0.3) is 0 Å². The van der Waals surface area contributed by atoms with Crippen LogP contribution in [0.5, 0.6) is 11.5 Å². The lowest BCUT2D eigenvalue weighted by molar-refractivity contribution is -0.0641. The molecule has 2 aromatic carbocycles. The van der Waals surface area contributed by atoms with Crippen LogP contribution >= 0.6 is 0 Å². The van der Waals surface area contributed by atoms with Crippen LogP contribution in [-0.2, 0) is 4.74 Å². The fourth-order valence-corrected chi connectivity index (χ4v) is 4.12. The topological polar surface area (TPSA) is 116 Å². The van der Waals surface area contributed by atoms with Crippen molar-refractivity contribution in [2.45, 2.75) is 24.4 Å². The molecule has 160 valence electrons. The second kappa shape index (κ2) is 8.55. The Labute approximate surface area is 179 Å². The number of fused-ring (bicyclic) bond motifs is 1. The van der Waals surface area contributed by atoms with E-state index in [2.05, 4.69) is 16.8 Å². The lowest BCUT2D eigenvalue weighted by Crippen LogP contribution is -2.62. The average Bonchev–Trinajstić information content (AvgIpc) is 3.20. The first-order valence-corrected chi connectivity index (χ1v) is 9.64. The highest BCUT2D eigenvalue weighted by Gasteiger charge is 2.49. The summed E-state index contributed by atoms with van der Waals surface area (Å²) in [5.74, 6) is 0.971. The fourth-order valence-electron chi connectivity index (χ4n) is 4.12. The summed E-state index contributed by atoms with van der Waals surface area (Å²) in [5.41, 5.74) is 5.36. The molecule has 0 radical (unpaired) electrons. The van der Waals surface area contributed by atoms with Gasteiger partial charge >= 0.3 is 6.16 Å². The van der Waals surface area contributed by atoms with E-state index in [0.29, 0.717) is 17.1 Å². The van der Waals surface area contributed by atoms with E-state index < -0.39 is 24.5 Å². The lowest BCUT2D eigenvalue weighted by atomic mass is 9.82. The molecule has 0 aromatic heterocycles. The van der Waals surface area contributed by atoms with Crippen LogP contribution < -0.4 is 20.2 Å². The molecule has 0 bridgehead atoms. The van der Waals surface area contributed by atoms with Gasteiger partial charge in [-0.2, -0.15) is 10.3 Å². The smallest absolute Gasteiger partial charge is 0.497 e. The van der Waals surface area contributed by atoms with Crippen LogP contribution in [0.3, 0.4) is 0 Å². The van der Waals surface area contributed by atoms with Gasteiger partial charge in [-0.05, 0) is 35.4 Å². The van der Waals surface area contributed by atoms with Crippen molar-refractivity contribution in [3.8, 4) is 17.6 Å². The zero-order valence-electron chi connectivity index (χ0n) is 17.0. The predicted octanol–water partition coefficient (Wildman–Crippen LogP) is 2.71. The maximum atomic E-state index is 11.5. The van der Waals surface area contributed by atoms with Crippen molar-refractivity contribution in [3.63, 3.8) is 0 Å². The summed E-state index contributed by atoms with van der Waals surface area (Å²) < 4.78 is 15.8. The van der Waals surface area contributed by atoms with Gasteiger partial charge < -0.3 is 24.7 Å². The van der Waals surface area contributed by atoms with E-state index in [1.807, 2.05) is 53.5 Å². The minimum Gasteiger partial charge on any atom is -0.497 e. The Morgan fingerprint density at radius 1 is 1.03 bits per heavy atom. The third kappa shape index (κ3) is 3.86. The van der Waals surface area contributed by atoms with Gasteiger partial charge in [0.15, 0.2) is 6.23 Å². The minimum absolute atomic E-state index is 0.350. The van der Waals surface area contributed by atoms with Crippen LogP contribution in [0.4, 0.5) is 4.79 Å². The molecular formula is C22H22N4O5. The Hall–Kier alpha value is -3.74. The first-order chi connectivity index (χ1) is 15.0. The molecule has 0 saturated carbocycles. The number of rotatable bonds is 5. The Morgan fingerprint density at radius 2 is 1.61 bits per heavy atom. The van der Waals surface area contributed by atoms with E-state index in [1.54, 1.807) is 20.4 Å². The molecule has 9 heteroatoms. The summed E-state index contributed by atoms with van der Waals surface area (Å²) in [6, 6.07) is 16.7. The third-order valence-corrected chi connectivity index (χ3v) is 5.54. The number of carboxylic acid groups (broad SMARTS) is 1. The summed E-state index contributed by atoms with van der Waals surface area (Å²) >= 11 is 0. The number of benzene rings is 2. The molecule has 1 saturated heterocycles. The van der Waals surface area contributed by atoms with Crippen molar-refractivity contribution in [2.75, 3.05) is 14.2 Å². The molecule has 4 rings (SSSR count). The van der Waals surface area contributed by atoms with Crippen LogP contribution in [-0.4, -0.2) is 42.9 Å². The third-order valence-electron chi connectivity index (χ3n) is 5.54. The van der Waals surface area contributed by atoms with E-state index in [9.17, 15) is 15.2 Å². The van der Waals surface area contributed by atoms with Gasteiger partial charge in [0.05, 0.1) is 37.8 Å². The van der Waals surface area contributed by atoms with Gasteiger partial charge in [-0.15, -0.1) is 0 Å². The molecule has 3 N–H and O–H groups in total. The number of hydrazine groups is 1. The molecule has 4 atom stereocenters. The van der Waals surface area contributed by atoms with E-state index in [-0.39, 0.29) is 6.04 Å². The van der Waals surface area contributed by atoms with E-state index in [4.69, 9.17) is 14.2 Å². The van der Waals surface area contributed by atoms with Crippen molar-refractivity contribution in [3.05, 3.63) is 71.4 Å². The Balaban J connectivity index is 1.82. The minimum atomic E-state index is -1.40. The molecule has 31 heavy (non-hydrogen) atoms. The van der Waals surface area contributed by atoms with Crippen LogP contribution in [0, 0.1) is 11.3 Å². The van der Waals surface area contributed by atoms with Gasteiger partial charge in [-0.1, -0.05) is 24.3 Å². The maximum Gasteiger partial charge on any atom is 0.507 e. The first-order valence-electron chi connectivity index (χ1n) is 9.64. The normalized spacial score (nSPS) is 24.9. The quantitative estimate of drug-likeness (QED) is 0.625. The molecular weight excluding hydrogens is 400 g/mol. The van der Waals surface area contributed by atoms with E-state index >= 15 is 0 Å². The molecule has 2 aliphatic heterocycles. The molecule has 2 heterocycles. The number of nitrogens with zero attached hydrogens (tertiary/aromatic N) is 2. The molecule has 1 fully saturated rings. The highest BCUT2D eigenvalue weighted by Crippen LogP contribution is 2.44. The molecule has 0 aliphatic carbocycles. The lowest BCUT2D eigenvalue weighted by Gasteiger charge is -2.47. The predicted molar refractivity (Wildman–Crippen MR) is 110 cm³/mol. The van der Waals surface area contributed by atoms with Gasteiger partial charge in [0, 0.05) is 6.20 Å². The van der Waals surface area contributed by atoms with Crippen molar-refractivity contribution >= 4 is 6.16 Å². The van der Waals surface area contributed by atoms with Crippen LogP contribution in [0.1, 0.15) is 23.1 Å². The van der Waals surface area contributed by atoms with Crippen molar-refractivity contribution < 1.29 is 24.1 Å². The molecule has 9 nitrogen and oxygen atoms in total. The zero-order valence-corrected chi connectivity index (χ0v) is 17.0. The largest absolute Gasteiger partial charge is 0.507 e. The second-order valence-electron chi connectivity index (χ2n) is 7.14. The number of methoxy groups -OCH3 is 2. The van der Waals surface area contributed by atoms with Gasteiger partial charge in [0.25, 0.3) is 0 Å². The average molecular weight is 422 g/mol. The van der Waals surface area contributed by atoms with Crippen molar-refractivity contribution in [1.29, 1.82) is 5.26 Å². The maximum absolute atomic E-state index is 11.5. The molecule has 0 amide bonds. The molecule has 2 aliphatic rings. The number of nitriles is 1. The van der Waals surface area contributed by atoms with Crippen molar-refractivity contribution in [2.24, 2.45) is 0 Å². The molecule has 0 spiro atoms. The summed E-state index contributed by atoms with van der Waals surface area (Å²) in [6.07, 6.45) is -1.22. The monoisotopic (exact) mass is 422 g/mol. The summed E-state index contributed by atoms with van der Waals surface area (Å²) in [7, 11) is 3.18. The molecule has 2 aromatic rings. The van der Waals surface area contributed by atoms with Gasteiger partial charge in [-0.25, -0.2) is 4.79 Å².